The number of hydrogen-bond donors (Lipinski definition) is 0. The molecule has 0 radical (unpaired) electrons. The zero-order chi connectivity index (χ0) is 17.4. The van der Waals surface area contributed by atoms with E-state index in [1.165, 1.54) is 6.92 Å². The zero-order valence-electron chi connectivity index (χ0n) is 12.9. The summed E-state index contributed by atoms with van der Waals surface area (Å²) in [7, 11) is 0. The van der Waals surface area contributed by atoms with Crippen LogP contribution in [0, 0.1) is 6.92 Å². The highest BCUT2D eigenvalue weighted by Gasteiger charge is 2.24. The van der Waals surface area contributed by atoms with Gasteiger partial charge in [0.25, 0.3) is 0 Å². The molecular weight excluding hydrogens is 440 g/mol. The Kier molecular flexibility index (Phi) is 4.60. The summed E-state index contributed by atoms with van der Waals surface area (Å²) in [5.41, 5.74) is 1.53. The number of fused-ring (bicyclic) bond motifs is 1. The molecule has 0 saturated heterocycles. The molecule has 24 heavy (non-hydrogen) atoms. The molecule has 0 aliphatic carbocycles. The van der Waals surface area contributed by atoms with Crippen LogP contribution < -0.4 is 4.74 Å². The number of halogens is 2. The van der Waals surface area contributed by atoms with Gasteiger partial charge in [-0.2, -0.15) is 0 Å². The molecule has 1 heterocycles. The van der Waals surface area contributed by atoms with E-state index in [2.05, 4.69) is 31.9 Å². The summed E-state index contributed by atoms with van der Waals surface area (Å²) in [5, 5.41) is 0.560. The average molecular weight is 452 g/mol. The quantitative estimate of drug-likeness (QED) is 0.394. The third-order valence-electron chi connectivity index (χ3n) is 3.50. The number of carbonyl (C=O) groups is 2. The zero-order valence-corrected chi connectivity index (χ0v) is 16.0. The van der Waals surface area contributed by atoms with Crippen LogP contribution in [-0.4, -0.2) is 11.8 Å². The summed E-state index contributed by atoms with van der Waals surface area (Å²) in [4.78, 5) is 24.2. The summed E-state index contributed by atoms with van der Waals surface area (Å²) in [5.74, 6) is 0.187. The Morgan fingerprint density at radius 2 is 1.79 bits per heavy atom. The Morgan fingerprint density at radius 1 is 1.12 bits per heavy atom. The largest absolute Gasteiger partial charge is 0.457 e. The maximum absolute atomic E-state index is 12.9. The van der Waals surface area contributed by atoms with E-state index in [0.29, 0.717) is 42.6 Å². The molecule has 0 atom stereocenters. The van der Waals surface area contributed by atoms with Gasteiger partial charge >= 0.3 is 5.97 Å². The van der Waals surface area contributed by atoms with Crippen LogP contribution in [0.15, 0.2) is 49.8 Å². The molecule has 4 nitrogen and oxygen atoms in total. The maximum Gasteiger partial charge on any atom is 0.308 e. The van der Waals surface area contributed by atoms with E-state index >= 15 is 0 Å². The minimum atomic E-state index is -0.452. The van der Waals surface area contributed by atoms with Crippen LogP contribution in [0.5, 0.6) is 5.75 Å². The number of ether oxygens (including phenoxy) is 1. The van der Waals surface area contributed by atoms with Gasteiger partial charge in [0.05, 0.1) is 10.9 Å². The van der Waals surface area contributed by atoms with Crippen LogP contribution in [0.2, 0.25) is 0 Å². The third-order valence-corrected chi connectivity index (χ3v) is 4.92. The average Bonchev–Trinajstić information content (AvgIpc) is 2.83. The topological polar surface area (TPSA) is 56.5 Å². The van der Waals surface area contributed by atoms with Gasteiger partial charge in [-0.25, -0.2) is 0 Å². The third kappa shape index (κ3) is 2.91. The van der Waals surface area contributed by atoms with E-state index in [9.17, 15) is 9.59 Å². The lowest BCUT2D eigenvalue weighted by atomic mass is 10.0. The molecule has 0 aliphatic heterocycles. The first-order chi connectivity index (χ1) is 11.4. The molecule has 3 rings (SSSR count). The van der Waals surface area contributed by atoms with Crippen molar-refractivity contribution in [1.29, 1.82) is 0 Å². The highest BCUT2D eigenvalue weighted by Crippen LogP contribution is 2.43. The molecule has 6 heteroatoms. The minimum absolute atomic E-state index is 0.149. The molecule has 2 aromatic carbocycles. The number of rotatable bonds is 3. The second kappa shape index (κ2) is 6.53. The van der Waals surface area contributed by atoms with Crippen LogP contribution in [0.4, 0.5) is 0 Å². The van der Waals surface area contributed by atoms with E-state index in [1.54, 1.807) is 37.3 Å². The van der Waals surface area contributed by atoms with Crippen LogP contribution in [0.3, 0.4) is 0 Å². The second-order valence-corrected chi connectivity index (χ2v) is 6.84. The van der Waals surface area contributed by atoms with Crippen molar-refractivity contribution in [1.82, 2.24) is 0 Å². The number of benzene rings is 2. The fourth-order valence-electron chi connectivity index (χ4n) is 2.49. The lowest BCUT2D eigenvalue weighted by molar-refractivity contribution is -0.131. The normalized spacial score (nSPS) is 10.8. The monoisotopic (exact) mass is 450 g/mol. The van der Waals surface area contributed by atoms with Crippen LogP contribution in [0.1, 0.15) is 28.6 Å². The van der Waals surface area contributed by atoms with Gasteiger partial charge in [-0.05, 0) is 44.8 Å². The van der Waals surface area contributed by atoms with Crippen LogP contribution in [-0.2, 0) is 4.79 Å². The maximum atomic E-state index is 12.9. The van der Waals surface area contributed by atoms with Gasteiger partial charge < -0.3 is 9.15 Å². The summed E-state index contributed by atoms with van der Waals surface area (Å²) in [6.45, 7) is 3.03. The van der Waals surface area contributed by atoms with Gasteiger partial charge in [-0.1, -0.05) is 30.3 Å². The molecule has 0 spiro atoms. The number of hydrogen-bond acceptors (Lipinski definition) is 4. The molecule has 0 unspecified atom stereocenters. The van der Waals surface area contributed by atoms with E-state index in [-0.39, 0.29) is 5.78 Å². The van der Waals surface area contributed by atoms with Crippen LogP contribution >= 0.6 is 31.9 Å². The van der Waals surface area contributed by atoms with E-state index in [1.807, 2.05) is 6.07 Å². The van der Waals surface area contributed by atoms with Gasteiger partial charge in [0.15, 0.2) is 11.5 Å². The van der Waals surface area contributed by atoms with E-state index < -0.39 is 5.97 Å². The number of furan rings is 1. The van der Waals surface area contributed by atoms with Gasteiger partial charge in [-0.15, -0.1) is 0 Å². The van der Waals surface area contributed by atoms with Gasteiger partial charge in [0, 0.05) is 21.4 Å². The standard InChI is InChI=1S/C18H12Br2O4/c1-9-18(24-10(2)21)15-13(23-9)8-12(19)14(16(15)20)17(22)11-6-4-3-5-7-11/h3-8H,1-2H3. The van der Waals surface area contributed by atoms with Gasteiger partial charge in [0.1, 0.15) is 11.3 Å². The Balaban J connectivity index is 2.26. The number of aryl methyl sites for hydroxylation is 1. The Labute approximate surface area is 155 Å². The molecule has 0 saturated carbocycles. The fraction of sp³-hybridized carbons (Fsp3) is 0.111. The SMILES string of the molecule is CC(=O)Oc1c(C)oc2cc(Br)c(C(=O)c3ccccc3)c(Br)c12. The predicted molar refractivity (Wildman–Crippen MR) is 97.5 cm³/mol. The highest BCUT2D eigenvalue weighted by molar-refractivity contribution is 9.11. The summed E-state index contributed by atoms with van der Waals surface area (Å²) in [6, 6.07) is 10.7. The Hall–Kier alpha value is -1.92. The fourth-order valence-corrected chi connectivity index (χ4v) is 4.11. The van der Waals surface area contributed by atoms with Crippen molar-refractivity contribution in [3.05, 3.63) is 62.2 Å². The molecule has 0 bridgehead atoms. The molecule has 122 valence electrons. The number of ketones is 1. The molecule has 0 N–H and O–H groups in total. The molecule has 3 aromatic rings. The Bertz CT molecular complexity index is 958. The van der Waals surface area contributed by atoms with Crippen molar-refractivity contribution < 1.29 is 18.7 Å². The van der Waals surface area contributed by atoms with Crippen molar-refractivity contribution >= 4 is 54.6 Å². The van der Waals surface area contributed by atoms with Crippen LogP contribution in [0.25, 0.3) is 11.0 Å². The van der Waals surface area contributed by atoms with Crippen molar-refractivity contribution in [2.45, 2.75) is 13.8 Å². The van der Waals surface area contributed by atoms with Gasteiger partial charge in [-0.3, -0.25) is 9.59 Å². The molecule has 0 fully saturated rings. The summed E-state index contributed by atoms with van der Waals surface area (Å²) >= 11 is 6.91. The van der Waals surface area contributed by atoms with Crippen molar-refractivity contribution in [2.75, 3.05) is 0 Å². The number of carbonyl (C=O) groups excluding carboxylic acids is 2. The summed E-state index contributed by atoms with van der Waals surface area (Å²) < 4.78 is 12.0. The molecular formula is C18H12Br2O4. The first-order valence-corrected chi connectivity index (χ1v) is 8.68. The molecule has 1 aromatic heterocycles. The first-order valence-electron chi connectivity index (χ1n) is 7.09. The lowest BCUT2D eigenvalue weighted by Gasteiger charge is -2.09. The number of esters is 1. The summed E-state index contributed by atoms with van der Waals surface area (Å²) in [6.07, 6.45) is 0. The molecule has 0 amide bonds. The second-order valence-electron chi connectivity index (χ2n) is 5.20. The first kappa shape index (κ1) is 16.9. The lowest BCUT2D eigenvalue weighted by Crippen LogP contribution is -2.05. The van der Waals surface area contributed by atoms with E-state index in [0.717, 1.165) is 0 Å². The van der Waals surface area contributed by atoms with Gasteiger partial charge in [0.2, 0.25) is 0 Å². The van der Waals surface area contributed by atoms with E-state index in [4.69, 9.17) is 9.15 Å². The highest BCUT2D eigenvalue weighted by atomic mass is 79.9. The minimum Gasteiger partial charge on any atom is -0.457 e. The predicted octanol–water partition coefficient (Wildman–Crippen LogP) is 5.42. The Morgan fingerprint density at radius 3 is 2.42 bits per heavy atom. The van der Waals surface area contributed by atoms with Crippen molar-refractivity contribution in [3.8, 4) is 5.75 Å². The van der Waals surface area contributed by atoms with Crippen molar-refractivity contribution in [3.63, 3.8) is 0 Å². The van der Waals surface area contributed by atoms with Crippen molar-refractivity contribution in [2.24, 2.45) is 0 Å². The smallest absolute Gasteiger partial charge is 0.308 e. The molecule has 0 aliphatic rings.